The molecule has 2 N–H and O–H groups in total. The minimum absolute atomic E-state index is 0.577. The number of aromatic nitrogens is 1. The molecule has 1 aromatic rings. The SMILES string of the molecule is NCCc1ncc(C2CCCSC2)o1. The molecule has 0 saturated carbocycles. The summed E-state index contributed by atoms with van der Waals surface area (Å²) >= 11 is 2.01. The Labute approximate surface area is 88.5 Å². The van der Waals surface area contributed by atoms with E-state index in [9.17, 15) is 0 Å². The van der Waals surface area contributed by atoms with Gasteiger partial charge in [0, 0.05) is 24.6 Å². The van der Waals surface area contributed by atoms with Gasteiger partial charge >= 0.3 is 0 Å². The summed E-state index contributed by atoms with van der Waals surface area (Å²) in [6, 6.07) is 0. The number of nitrogens with two attached hydrogens (primary N) is 1. The molecule has 0 aromatic carbocycles. The van der Waals surface area contributed by atoms with Crippen molar-refractivity contribution in [3.05, 3.63) is 17.8 Å². The summed E-state index contributed by atoms with van der Waals surface area (Å²) in [6.45, 7) is 0.610. The Morgan fingerprint density at radius 2 is 2.57 bits per heavy atom. The second kappa shape index (κ2) is 4.84. The summed E-state index contributed by atoms with van der Waals surface area (Å²) in [5, 5.41) is 0. The topological polar surface area (TPSA) is 52.0 Å². The van der Waals surface area contributed by atoms with Crippen LogP contribution >= 0.6 is 11.8 Å². The molecule has 0 amide bonds. The maximum Gasteiger partial charge on any atom is 0.195 e. The standard InChI is InChI=1S/C10H16N2OS/c11-4-3-10-12-6-9(13-10)8-2-1-5-14-7-8/h6,8H,1-5,7,11H2. The second-order valence-electron chi connectivity index (χ2n) is 3.61. The summed E-state index contributed by atoms with van der Waals surface area (Å²) in [6.07, 6.45) is 5.16. The molecule has 1 atom stereocenters. The number of thioether (sulfide) groups is 1. The fourth-order valence-corrected chi connectivity index (χ4v) is 2.87. The highest BCUT2D eigenvalue weighted by Crippen LogP contribution is 2.31. The van der Waals surface area contributed by atoms with Crippen LogP contribution in [0.25, 0.3) is 0 Å². The first-order chi connectivity index (χ1) is 6.90. The van der Waals surface area contributed by atoms with Gasteiger partial charge in [0.05, 0.1) is 6.20 Å². The molecule has 1 aromatic heterocycles. The van der Waals surface area contributed by atoms with Crippen LogP contribution in [0.3, 0.4) is 0 Å². The van der Waals surface area contributed by atoms with Crippen LogP contribution in [0.1, 0.15) is 30.4 Å². The largest absolute Gasteiger partial charge is 0.445 e. The third-order valence-electron chi connectivity index (χ3n) is 2.49. The Bertz CT molecular complexity index is 281. The van der Waals surface area contributed by atoms with Crippen LogP contribution in [-0.4, -0.2) is 23.0 Å². The first-order valence-corrected chi connectivity index (χ1v) is 6.28. The van der Waals surface area contributed by atoms with Crippen molar-refractivity contribution < 1.29 is 4.42 Å². The molecule has 1 aliphatic heterocycles. The third kappa shape index (κ3) is 2.30. The van der Waals surface area contributed by atoms with Gasteiger partial charge in [-0.3, -0.25) is 0 Å². The van der Waals surface area contributed by atoms with Gasteiger partial charge in [-0.15, -0.1) is 0 Å². The van der Waals surface area contributed by atoms with Crippen molar-refractivity contribution >= 4 is 11.8 Å². The lowest BCUT2D eigenvalue weighted by molar-refractivity contribution is 0.422. The molecule has 0 spiro atoms. The molecule has 1 unspecified atom stereocenters. The van der Waals surface area contributed by atoms with Crippen LogP contribution in [0, 0.1) is 0 Å². The van der Waals surface area contributed by atoms with Crippen LogP contribution in [0.5, 0.6) is 0 Å². The summed E-state index contributed by atoms with van der Waals surface area (Å²) in [5.74, 6) is 4.89. The summed E-state index contributed by atoms with van der Waals surface area (Å²) in [7, 11) is 0. The number of hydrogen-bond acceptors (Lipinski definition) is 4. The average molecular weight is 212 g/mol. The Balaban J connectivity index is 2.00. The van der Waals surface area contributed by atoms with Gasteiger partial charge in [-0.2, -0.15) is 11.8 Å². The van der Waals surface area contributed by atoms with Crippen molar-refractivity contribution in [2.24, 2.45) is 5.73 Å². The Hall–Kier alpha value is -0.480. The quantitative estimate of drug-likeness (QED) is 0.830. The minimum atomic E-state index is 0.577. The van der Waals surface area contributed by atoms with Gasteiger partial charge in [0.1, 0.15) is 5.76 Å². The van der Waals surface area contributed by atoms with Crippen LogP contribution in [0.4, 0.5) is 0 Å². The Morgan fingerprint density at radius 3 is 3.29 bits per heavy atom. The molecule has 78 valence electrons. The van der Waals surface area contributed by atoms with Crippen molar-refractivity contribution in [1.82, 2.24) is 4.98 Å². The van der Waals surface area contributed by atoms with Gasteiger partial charge in [-0.05, 0) is 18.6 Å². The monoisotopic (exact) mass is 212 g/mol. The predicted molar refractivity (Wildman–Crippen MR) is 58.6 cm³/mol. The predicted octanol–water partition coefficient (Wildman–Crippen LogP) is 1.79. The minimum Gasteiger partial charge on any atom is -0.445 e. The molecule has 3 nitrogen and oxygen atoms in total. The molecule has 0 aliphatic carbocycles. The highest BCUT2D eigenvalue weighted by molar-refractivity contribution is 7.99. The molecule has 4 heteroatoms. The first-order valence-electron chi connectivity index (χ1n) is 5.12. The zero-order valence-electron chi connectivity index (χ0n) is 8.24. The maximum absolute atomic E-state index is 5.66. The fraction of sp³-hybridized carbons (Fsp3) is 0.700. The van der Waals surface area contributed by atoms with Crippen molar-refractivity contribution in [3.8, 4) is 0 Å². The zero-order valence-corrected chi connectivity index (χ0v) is 9.05. The van der Waals surface area contributed by atoms with E-state index >= 15 is 0 Å². The Morgan fingerprint density at radius 1 is 1.64 bits per heavy atom. The fourth-order valence-electron chi connectivity index (χ4n) is 1.72. The van der Waals surface area contributed by atoms with Gasteiger partial charge < -0.3 is 10.2 Å². The van der Waals surface area contributed by atoms with E-state index < -0.39 is 0 Å². The number of rotatable bonds is 3. The smallest absolute Gasteiger partial charge is 0.195 e. The summed E-state index contributed by atoms with van der Waals surface area (Å²) in [4.78, 5) is 4.23. The highest BCUT2D eigenvalue weighted by atomic mass is 32.2. The van der Waals surface area contributed by atoms with E-state index in [1.165, 1.54) is 24.3 Å². The second-order valence-corrected chi connectivity index (χ2v) is 4.76. The Kier molecular flexibility index (Phi) is 3.48. The number of nitrogens with zero attached hydrogens (tertiary/aromatic N) is 1. The first kappa shape index (κ1) is 10.1. The summed E-state index contributed by atoms with van der Waals surface area (Å²) in [5.41, 5.74) is 5.44. The average Bonchev–Trinajstić information content (AvgIpc) is 2.68. The lowest BCUT2D eigenvalue weighted by atomic mass is 10.0. The normalized spacial score (nSPS) is 22.5. The number of oxazole rings is 1. The molecule has 2 heterocycles. The van der Waals surface area contributed by atoms with Crippen molar-refractivity contribution in [2.45, 2.75) is 25.2 Å². The molecule has 1 saturated heterocycles. The van der Waals surface area contributed by atoms with E-state index in [1.54, 1.807) is 0 Å². The van der Waals surface area contributed by atoms with Crippen LogP contribution in [0.15, 0.2) is 10.6 Å². The maximum atomic E-state index is 5.66. The van der Waals surface area contributed by atoms with Gasteiger partial charge in [-0.25, -0.2) is 4.98 Å². The molecular formula is C10H16N2OS. The van der Waals surface area contributed by atoms with E-state index in [0.717, 1.165) is 18.1 Å². The lowest BCUT2D eigenvalue weighted by Gasteiger charge is -2.18. The van der Waals surface area contributed by atoms with Crippen molar-refractivity contribution in [3.63, 3.8) is 0 Å². The molecule has 14 heavy (non-hydrogen) atoms. The van der Waals surface area contributed by atoms with Gasteiger partial charge in [-0.1, -0.05) is 0 Å². The van der Waals surface area contributed by atoms with Gasteiger partial charge in [0.15, 0.2) is 5.89 Å². The molecule has 0 bridgehead atoms. The van der Waals surface area contributed by atoms with Gasteiger partial charge in [0.25, 0.3) is 0 Å². The molecule has 1 fully saturated rings. The van der Waals surface area contributed by atoms with E-state index in [0.29, 0.717) is 12.5 Å². The third-order valence-corrected chi connectivity index (χ3v) is 3.71. The van der Waals surface area contributed by atoms with Crippen molar-refractivity contribution in [2.75, 3.05) is 18.1 Å². The van der Waals surface area contributed by atoms with Crippen LogP contribution in [-0.2, 0) is 6.42 Å². The summed E-state index contributed by atoms with van der Waals surface area (Å²) < 4.78 is 5.66. The van der Waals surface area contributed by atoms with Crippen LogP contribution < -0.4 is 5.73 Å². The van der Waals surface area contributed by atoms with Crippen molar-refractivity contribution in [1.29, 1.82) is 0 Å². The van der Waals surface area contributed by atoms with E-state index in [1.807, 2.05) is 18.0 Å². The number of hydrogen-bond donors (Lipinski definition) is 1. The van der Waals surface area contributed by atoms with E-state index in [-0.39, 0.29) is 0 Å². The molecular weight excluding hydrogens is 196 g/mol. The molecule has 0 radical (unpaired) electrons. The zero-order chi connectivity index (χ0) is 9.80. The molecule has 1 aliphatic rings. The van der Waals surface area contributed by atoms with Crippen LogP contribution in [0.2, 0.25) is 0 Å². The van der Waals surface area contributed by atoms with E-state index in [4.69, 9.17) is 10.2 Å². The van der Waals surface area contributed by atoms with E-state index in [2.05, 4.69) is 4.98 Å². The lowest BCUT2D eigenvalue weighted by Crippen LogP contribution is -2.07. The molecule has 2 rings (SSSR count). The highest BCUT2D eigenvalue weighted by Gasteiger charge is 2.19. The van der Waals surface area contributed by atoms with Gasteiger partial charge in [0.2, 0.25) is 0 Å².